The fraction of sp³-hybridized carbons (Fsp3) is 1.00. The molecule has 1 aliphatic heterocycles. The maximum Gasteiger partial charge on any atom is 0.0841 e. The first-order valence-electron chi connectivity index (χ1n) is 5.04. The van der Waals surface area contributed by atoms with Crippen LogP contribution in [0.1, 0.15) is 52.4 Å². The van der Waals surface area contributed by atoms with Crippen molar-refractivity contribution in [2.45, 2.75) is 64.6 Å². The fourth-order valence-corrected chi connectivity index (χ4v) is 1.50. The summed E-state index contributed by atoms with van der Waals surface area (Å²) in [6.45, 7) is 4.48. The molecule has 1 nitrogen and oxygen atoms in total. The van der Waals surface area contributed by atoms with Gasteiger partial charge in [0.2, 0.25) is 0 Å². The summed E-state index contributed by atoms with van der Waals surface area (Å²) in [6.07, 6.45) is 9.17. The first-order chi connectivity index (χ1) is 5.38. The van der Waals surface area contributed by atoms with Gasteiger partial charge in [0.1, 0.15) is 0 Å². The predicted molar refractivity (Wildman–Crippen MR) is 47.7 cm³/mol. The zero-order valence-corrected chi connectivity index (χ0v) is 7.81. The van der Waals surface area contributed by atoms with Crippen LogP contribution in [0.15, 0.2) is 0 Å². The molecular weight excluding hydrogens is 136 g/mol. The molecule has 0 bridgehead atoms. The number of ether oxygens (including phenoxy) is 1. The Hall–Kier alpha value is -0.0400. The summed E-state index contributed by atoms with van der Waals surface area (Å²) in [5.41, 5.74) is 0. The van der Waals surface area contributed by atoms with Crippen LogP contribution < -0.4 is 0 Å². The standard InChI is InChI=1S/C10H20O/c1-3-5-7-9-10(11-9)8-6-4-2/h9-10H,3-8H2,1-2H3/t9-,10-/m1/s1. The lowest BCUT2D eigenvalue weighted by Gasteiger charge is -1.92. The Labute approximate surface area is 70.1 Å². The minimum atomic E-state index is 0.640. The molecule has 1 heterocycles. The fourth-order valence-electron chi connectivity index (χ4n) is 1.50. The highest BCUT2D eigenvalue weighted by Crippen LogP contribution is 2.30. The van der Waals surface area contributed by atoms with Crippen LogP contribution in [0, 0.1) is 0 Å². The van der Waals surface area contributed by atoms with Gasteiger partial charge in [-0.2, -0.15) is 0 Å². The van der Waals surface area contributed by atoms with Gasteiger partial charge in [0, 0.05) is 0 Å². The van der Waals surface area contributed by atoms with E-state index >= 15 is 0 Å². The summed E-state index contributed by atoms with van der Waals surface area (Å²) in [5.74, 6) is 0. The summed E-state index contributed by atoms with van der Waals surface area (Å²) in [4.78, 5) is 0. The maximum absolute atomic E-state index is 5.52. The Kier molecular flexibility index (Phi) is 3.92. The third-order valence-corrected chi connectivity index (χ3v) is 2.37. The molecule has 0 radical (unpaired) electrons. The van der Waals surface area contributed by atoms with Crippen molar-refractivity contribution >= 4 is 0 Å². The zero-order chi connectivity index (χ0) is 8.10. The van der Waals surface area contributed by atoms with Crippen LogP contribution >= 0.6 is 0 Å². The molecule has 0 N–H and O–H groups in total. The molecule has 1 aliphatic rings. The van der Waals surface area contributed by atoms with E-state index < -0.39 is 0 Å². The molecule has 0 aromatic heterocycles. The molecule has 2 atom stereocenters. The van der Waals surface area contributed by atoms with Crippen LogP contribution in [-0.4, -0.2) is 12.2 Å². The van der Waals surface area contributed by atoms with Gasteiger partial charge in [-0.3, -0.25) is 0 Å². The molecule has 1 fully saturated rings. The molecule has 0 spiro atoms. The minimum Gasteiger partial charge on any atom is -0.370 e. The molecule has 1 saturated heterocycles. The largest absolute Gasteiger partial charge is 0.370 e. The monoisotopic (exact) mass is 156 g/mol. The van der Waals surface area contributed by atoms with E-state index in [1.807, 2.05) is 0 Å². The average Bonchev–Trinajstić information content (AvgIpc) is 2.76. The molecule has 0 amide bonds. The van der Waals surface area contributed by atoms with Crippen molar-refractivity contribution in [1.82, 2.24) is 0 Å². The van der Waals surface area contributed by atoms with Crippen molar-refractivity contribution in [2.24, 2.45) is 0 Å². The van der Waals surface area contributed by atoms with Crippen molar-refractivity contribution < 1.29 is 4.74 Å². The van der Waals surface area contributed by atoms with Crippen molar-refractivity contribution in [3.63, 3.8) is 0 Å². The molecule has 0 saturated carbocycles. The van der Waals surface area contributed by atoms with Crippen LogP contribution in [0.5, 0.6) is 0 Å². The Morgan fingerprint density at radius 3 is 1.73 bits per heavy atom. The second-order valence-electron chi connectivity index (χ2n) is 3.50. The number of unbranched alkanes of at least 4 members (excludes halogenated alkanes) is 2. The predicted octanol–water partition coefficient (Wildman–Crippen LogP) is 3.13. The lowest BCUT2D eigenvalue weighted by Crippen LogP contribution is -1.93. The molecule has 11 heavy (non-hydrogen) atoms. The summed E-state index contributed by atoms with van der Waals surface area (Å²) < 4.78 is 5.52. The summed E-state index contributed by atoms with van der Waals surface area (Å²) >= 11 is 0. The first kappa shape index (κ1) is 9.05. The van der Waals surface area contributed by atoms with Gasteiger partial charge in [-0.15, -0.1) is 0 Å². The number of epoxide rings is 1. The van der Waals surface area contributed by atoms with Crippen molar-refractivity contribution in [1.29, 1.82) is 0 Å². The quantitative estimate of drug-likeness (QED) is 0.538. The van der Waals surface area contributed by atoms with E-state index in [2.05, 4.69) is 13.8 Å². The van der Waals surface area contributed by atoms with Gasteiger partial charge in [0.25, 0.3) is 0 Å². The average molecular weight is 156 g/mol. The molecule has 0 aliphatic carbocycles. The van der Waals surface area contributed by atoms with E-state index in [9.17, 15) is 0 Å². The number of rotatable bonds is 6. The lowest BCUT2D eigenvalue weighted by molar-refractivity contribution is 0.350. The molecule has 0 aromatic rings. The Morgan fingerprint density at radius 2 is 1.36 bits per heavy atom. The molecule has 66 valence electrons. The molecular formula is C10H20O. The van der Waals surface area contributed by atoms with E-state index in [1.165, 1.54) is 38.5 Å². The molecule has 1 heteroatoms. The van der Waals surface area contributed by atoms with Crippen molar-refractivity contribution in [3.8, 4) is 0 Å². The van der Waals surface area contributed by atoms with Gasteiger partial charge in [-0.25, -0.2) is 0 Å². The SMILES string of the molecule is CCCC[C@H]1O[C@@H]1CCCC. The van der Waals surface area contributed by atoms with E-state index in [-0.39, 0.29) is 0 Å². The van der Waals surface area contributed by atoms with Gasteiger partial charge in [-0.1, -0.05) is 39.5 Å². The Balaban J connectivity index is 1.89. The van der Waals surface area contributed by atoms with Crippen molar-refractivity contribution in [3.05, 3.63) is 0 Å². The number of hydrogen-bond donors (Lipinski definition) is 0. The van der Waals surface area contributed by atoms with Crippen LogP contribution in [0.2, 0.25) is 0 Å². The number of hydrogen-bond acceptors (Lipinski definition) is 1. The third-order valence-electron chi connectivity index (χ3n) is 2.37. The van der Waals surface area contributed by atoms with Crippen LogP contribution in [-0.2, 0) is 4.74 Å². The minimum absolute atomic E-state index is 0.640. The second kappa shape index (κ2) is 4.76. The van der Waals surface area contributed by atoms with E-state index in [4.69, 9.17) is 4.74 Å². The van der Waals surface area contributed by atoms with Crippen LogP contribution in [0.3, 0.4) is 0 Å². The second-order valence-corrected chi connectivity index (χ2v) is 3.50. The van der Waals surface area contributed by atoms with Crippen molar-refractivity contribution in [2.75, 3.05) is 0 Å². The summed E-state index contributed by atoms with van der Waals surface area (Å²) in [5, 5.41) is 0. The van der Waals surface area contributed by atoms with Crippen LogP contribution in [0.25, 0.3) is 0 Å². The smallest absolute Gasteiger partial charge is 0.0841 e. The van der Waals surface area contributed by atoms with Gasteiger partial charge in [-0.05, 0) is 12.8 Å². The van der Waals surface area contributed by atoms with E-state index in [0.717, 1.165) is 0 Å². The summed E-state index contributed by atoms with van der Waals surface area (Å²) in [7, 11) is 0. The van der Waals surface area contributed by atoms with Gasteiger partial charge < -0.3 is 4.74 Å². The lowest BCUT2D eigenvalue weighted by atomic mass is 10.1. The van der Waals surface area contributed by atoms with Gasteiger partial charge in [0.05, 0.1) is 12.2 Å². The molecule has 1 rings (SSSR count). The molecule has 0 unspecified atom stereocenters. The highest BCUT2D eigenvalue weighted by molar-refractivity contribution is 4.83. The zero-order valence-electron chi connectivity index (χ0n) is 7.81. The van der Waals surface area contributed by atoms with Gasteiger partial charge in [0.15, 0.2) is 0 Å². The first-order valence-corrected chi connectivity index (χ1v) is 5.04. The van der Waals surface area contributed by atoms with Crippen LogP contribution in [0.4, 0.5) is 0 Å². The summed E-state index contributed by atoms with van der Waals surface area (Å²) in [6, 6.07) is 0. The Morgan fingerprint density at radius 1 is 0.909 bits per heavy atom. The van der Waals surface area contributed by atoms with E-state index in [0.29, 0.717) is 12.2 Å². The molecule has 0 aromatic carbocycles. The third kappa shape index (κ3) is 3.24. The van der Waals surface area contributed by atoms with E-state index in [1.54, 1.807) is 0 Å². The highest BCUT2D eigenvalue weighted by Gasteiger charge is 2.36. The normalized spacial score (nSPS) is 28.9. The highest BCUT2D eigenvalue weighted by atomic mass is 16.6. The topological polar surface area (TPSA) is 12.5 Å². The van der Waals surface area contributed by atoms with Gasteiger partial charge >= 0.3 is 0 Å². The Bertz CT molecular complexity index is 89.0. The maximum atomic E-state index is 5.52.